The summed E-state index contributed by atoms with van der Waals surface area (Å²) in [6, 6.07) is 0. The molecule has 0 amide bonds. The number of ether oxygens (including phenoxy) is 5. The fourth-order valence-electron chi connectivity index (χ4n) is 0.826. The molecule has 0 spiro atoms. The van der Waals surface area contributed by atoms with Gasteiger partial charge in [-0.15, -0.1) is 0 Å². The van der Waals surface area contributed by atoms with Gasteiger partial charge in [0.05, 0.1) is 52.9 Å². The smallest absolute Gasteiger partial charge is 1.00 e. The van der Waals surface area contributed by atoms with Gasteiger partial charge in [-0.3, -0.25) is 0 Å². The monoisotopic (exact) mass is 238 g/mol. The van der Waals surface area contributed by atoms with Gasteiger partial charge in [-0.1, -0.05) is 0 Å². The Morgan fingerprint density at radius 1 is 0.529 bits per heavy atom. The first-order valence-electron chi connectivity index (χ1n) is 5.13. The van der Waals surface area contributed by atoms with E-state index < -0.39 is 0 Å². The second-order valence-electron chi connectivity index (χ2n) is 2.82. The van der Waals surface area contributed by atoms with E-state index in [1.54, 1.807) is 14.2 Å². The number of hydrogen-bond acceptors (Lipinski definition) is 5. The molecule has 0 aromatic rings. The molecule has 0 saturated heterocycles. The topological polar surface area (TPSA) is 46.2 Å². The average molecular weight is 238 g/mol. The average Bonchev–Trinajstić information content (AvgIpc) is 2.26. The summed E-state index contributed by atoms with van der Waals surface area (Å²) >= 11 is 0. The van der Waals surface area contributed by atoms with Crippen molar-refractivity contribution in [1.29, 1.82) is 0 Å². The van der Waals surface area contributed by atoms with E-state index in [0.717, 1.165) is 0 Å². The van der Waals surface area contributed by atoms with Crippen molar-refractivity contribution >= 4 is 0 Å². The molecule has 0 N–H and O–H groups in total. The Balaban J connectivity index is -0.000000163. The molecular weight excluding hydrogens is 214 g/mol. The predicted octanol–water partition coefficient (Wildman–Crippen LogP) is -5.44. The second kappa shape index (κ2) is 22.2. The first kappa shape index (κ1) is 23.1. The third-order valence-corrected chi connectivity index (χ3v) is 1.61. The molecule has 0 saturated carbocycles. The van der Waals surface area contributed by atoms with Gasteiger partial charge < -0.3 is 26.5 Å². The SMILES string of the molecule is COCCOCCOCCOCCOC.[H-].[H-].[Li+].[Li+]. The van der Waals surface area contributed by atoms with E-state index >= 15 is 0 Å². The molecule has 0 aromatic carbocycles. The quantitative estimate of drug-likeness (QED) is 0.251. The minimum absolute atomic E-state index is 0. The maximum atomic E-state index is 5.26. The Morgan fingerprint density at radius 2 is 0.765 bits per heavy atom. The van der Waals surface area contributed by atoms with E-state index in [1.807, 2.05) is 0 Å². The summed E-state index contributed by atoms with van der Waals surface area (Å²) in [4.78, 5) is 0. The molecule has 0 aliphatic rings. The van der Waals surface area contributed by atoms with Gasteiger partial charge in [-0.2, -0.15) is 0 Å². The van der Waals surface area contributed by atoms with Crippen LogP contribution in [-0.4, -0.2) is 67.1 Å². The molecule has 0 rings (SSSR count). The number of rotatable bonds is 12. The summed E-state index contributed by atoms with van der Waals surface area (Å²) in [5.41, 5.74) is 0. The molecule has 5 nitrogen and oxygen atoms in total. The zero-order chi connectivity index (χ0) is 11.2. The largest absolute Gasteiger partial charge is 1.00 e. The Morgan fingerprint density at radius 3 is 1.00 bits per heavy atom. The molecule has 7 heteroatoms. The van der Waals surface area contributed by atoms with Gasteiger partial charge in [0.25, 0.3) is 0 Å². The van der Waals surface area contributed by atoms with Crippen LogP contribution >= 0.6 is 0 Å². The van der Waals surface area contributed by atoms with Crippen LogP contribution < -0.4 is 37.7 Å². The molecule has 0 aliphatic carbocycles. The molecule has 17 heavy (non-hydrogen) atoms. The van der Waals surface area contributed by atoms with Crippen LogP contribution in [0.4, 0.5) is 0 Å². The van der Waals surface area contributed by atoms with Crippen LogP contribution in [0.2, 0.25) is 0 Å². The Bertz CT molecular complexity index is 116. The molecule has 0 aromatic heterocycles. The zero-order valence-corrected chi connectivity index (χ0v) is 11.7. The van der Waals surface area contributed by atoms with Crippen molar-refractivity contribution in [1.82, 2.24) is 0 Å². The first-order chi connectivity index (χ1) is 7.41. The van der Waals surface area contributed by atoms with Gasteiger partial charge in [0.15, 0.2) is 0 Å². The van der Waals surface area contributed by atoms with Crippen LogP contribution in [0, 0.1) is 0 Å². The van der Waals surface area contributed by atoms with Gasteiger partial charge in [0, 0.05) is 14.2 Å². The molecule has 0 heterocycles. The molecule has 0 atom stereocenters. The third-order valence-electron chi connectivity index (χ3n) is 1.61. The molecule has 0 bridgehead atoms. The molecule has 0 fully saturated rings. The first-order valence-corrected chi connectivity index (χ1v) is 5.13. The fraction of sp³-hybridized carbons (Fsp3) is 1.00. The minimum atomic E-state index is 0. The maximum absolute atomic E-state index is 5.26. The maximum Gasteiger partial charge on any atom is 1.00 e. The number of hydrogen-bond donors (Lipinski definition) is 0. The second-order valence-corrected chi connectivity index (χ2v) is 2.82. The van der Waals surface area contributed by atoms with Crippen molar-refractivity contribution in [3.8, 4) is 0 Å². The van der Waals surface area contributed by atoms with E-state index in [4.69, 9.17) is 23.7 Å². The Kier molecular flexibility index (Phi) is 30.2. The van der Waals surface area contributed by atoms with Gasteiger partial charge in [0.1, 0.15) is 0 Å². The van der Waals surface area contributed by atoms with Crippen LogP contribution in [-0.2, 0) is 23.7 Å². The molecule has 96 valence electrons. The summed E-state index contributed by atoms with van der Waals surface area (Å²) in [6.07, 6.45) is 0. The molecule has 0 aliphatic heterocycles. The van der Waals surface area contributed by atoms with Crippen molar-refractivity contribution < 1.29 is 64.3 Å². The van der Waals surface area contributed by atoms with Crippen molar-refractivity contribution in [2.24, 2.45) is 0 Å². The predicted molar refractivity (Wildman–Crippen MR) is 58.4 cm³/mol. The molecular formula is C10H24Li2O5. The fourth-order valence-corrected chi connectivity index (χ4v) is 0.826. The van der Waals surface area contributed by atoms with E-state index in [0.29, 0.717) is 52.9 Å². The summed E-state index contributed by atoms with van der Waals surface area (Å²) < 4.78 is 25.3. The summed E-state index contributed by atoms with van der Waals surface area (Å²) in [7, 11) is 3.30. The Labute approximate surface area is 131 Å². The van der Waals surface area contributed by atoms with Gasteiger partial charge in [-0.25, -0.2) is 0 Å². The zero-order valence-electron chi connectivity index (χ0n) is 13.7. The van der Waals surface area contributed by atoms with E-state index in [9.17, 15) is 0 Å². The third kappa shape index (κ3) is 22.6. The van der Waals surface area contributed by atoms with Crippen LogP contribution in [0.5, 0.6) is 0 Å². The van der Waals surface area contributed by atoms with Gasteiger partial charge >= 0.3 is 37.7 Å². The van der Waals surface area contributed by atoms with Crippen molar-refractivity contribution in [3.05, 3.63) is 0 Å². The molecule has 0 radical (unpaired) electrons. The molecule has 0 unspecified atom stereocenters. The van der Waals surface area contributed by atoms with Crippen LogP contribution in [0.1, 0.15) is 2.85 Å². The van der Waals surface area contributed by atoms with E-state index in [1.165, 1.54) is 0 Å². The van der Waals surface area contributed by atoms with E-state index in [-0.39, 0.29) is 40.6 Å². The summed E-state index contributed by atoms with van der Waals surface area (Å²) in [5.74, 6) is 0. The van der Waals surface area contributed by atoms with Crippen LogP contribution in [0.25, 0.3) is 0 Å². The normalized spacial score (nSPS) is 9.53. The van der Waals surface area contributed by atoms with Crippen molar-refractivity contribution in [3.63, 3.8) is 0 Å². The van der Waals surface area contributed by atoms with Gasteiger partial charge in [0.2, 0.25) is 0 Å². The standard InChI is InChI=1S/C10H22O5.2Li.2H/c1-11-3-5-13-7-9-15-10-8-14-6-4-12-2;;;;/h3-10H2,1-2H3;;;;/q;2*+1;2*-1. The van der Waals surface area contributed by atoms with Crippen LogP contribution in [0.3, 0.4) is 0 Å². The van der Waals surface area contributed by atoms with E-state index in [2.05, 4.69) is 0 Å². The summed E-state index contributed by atoms with van der Waals surface area (Å²) in [6.45, 7) is 4.87. The van der Waals surface area contributed by atoms with Gasteiger partial charge in [-0.05, 0) is 0 Å². The minimum Gasteiger partial charge on any atom is -1.00 e. The summed E-state index contributed by atoms with van der Waals surface area (Å²) in [5, 5.41) is 0. The number of methoxy groups -OCH3 is 2. The Hall–Kier alpha value is 0.995. The van der Waals surface area contributed by atoms with Crippen molar-refractivity contribution in [2.45, 2.75) is 0 Å². The van der Waals surface area contributed by atoms with Crippen LogP contribution in [0.15, 0.2) is 0 Å². The van der Waals surface area contributed by atoms with Crippen molar-refractivity contribution in [2.75, 3.05) is 67.1 Å².